The summed E-state index contributed by atoms with van der Waals surface area (Å²) in [5.41, 5.74) is 1.90. The second kappa shape index (κ2) is 9.42. The van der Waals surface area contributed by atoms with Gasteiger partial charge in [-0.15, -0.1) is 0 Å². The van der Waals surface area contributed by atoms with E-state index in [4.69, 9.17) is 4.74 Å². The molecule has 0 aliphatic heterocycles. The monoisotopic (exact) mass is 334 g/mol. The predicted molar refractivity (Wildman–Crippen MR) is 97.3 cm³/mol. The van der Waals surface area contributed by atoms with Gasteiger partial charge in [-0.25, -0.2) is 0 Å². The summed E-state index contributed by atoms with van der Waals surface area (Å²) in [6.07, 6.45) is 1.07. The van der Waals surface area contributed by atoms with E-state index in [0.29, 0.717) is 19.7 Å². The molecule has 24 heavy (non-hydrogen) atoms. The summed E-state index contributed by atoms with van der Waals surface area (Å²) in [6.45, 7) is 9.48. The van der Waals surface area contributed by atoms with E-state index in [1.165, 1.54) is 6.92 Å². The van der Waals surface area contributed by atoms with Crippen molar-refractivity contribution in [1.29, 1.82) is 0 Å². The van der Waals surface area contributed by atoms with Crippen molar-refractivity contribution < 1.29 is 14.3 Å². The average molecular weight is 334 g/mol. The van der Waals surface area contributed by atoms with Crippen molar-refractivity contribution in [3.63, 3.8) is 0 Å². The molecule has 0 spiro atoms. The van der Waals surface area contributed by atoms with Gasteiger partial charge >= 0.3 is 0 Å². The first-order valence-corrected chi connectivity index (χ1v) is 8.40. The highest BCUT2D eigenvalue weighted by molar-refractivity contribution is 5.93. The molecule has 0 radical (unpaired) electrons. The van der Waals surface area contributed by atoms with E-state index < -0.39 is 0 Å². The second-order valence-corrected chi connectivity index (χ2v) is 6.88. The lowest BCUT2D eigenvalue weighted by Gasteiger charge is -2.29. The van der Waals surface area contributed by atoms with Gasteiger partial charge in [0.15, 0.2) is 0 Å². The van der Waals surface area contributed by atoms with Crippen molar-refractivity contribution in [2.45, 2.75) is 46.0 Å². The fraction of sp³-hybridized carbons (Fsp3) is 0.579. The fourth-order valence-electron chi connectivity index (χ4n) is 2.54. The zero-order chi connectivity index (χ0) is 18.2. The van der Waals surface area contributed by atoms with Crippen LogP contribution in [0.5, 0.6) is 0 Å². The van der Waals surface area contributed by atoms with Crippen LogP contribution in [0, 0.1) is 0 Å². The molecule has 0 saturated carbocycles. The smallest absolute Gasteiger partial charge is 0.223 e. The SMILES string of the molecule is COCCCNC(=O)CCN(C(C)=O)c1ccccc1C(C)(C)C. The van der Waals surface area contributed by atoms with E-state index in [1.807, 2.05) is 24.3 Å². The van der Waals surface area contributed by atoms with Gasteiger partial charge in [-0.05, 0) is 23.5 Å². The Labute approximate surface area is 145 Å². The molecule has 0 heterocycles. The molecule has 1 aromatic carbocycles. The summed E-state index contributed by atoms with van der Waals surface area (Å²) in [6, 6.07) is 7.88. The molecule has 0 aliphatic carbocycles. The van der Waals surface area contributed by atoms with E-state index in [9.17, 15) is 9.59 Å². The van der Waals surface area contributed by atoms with E-state index >= 15 is 0 Å². The number of hydrogen-bond donors (Lipinski definition) is 1. The molecule has 0 aromatic heterocycles. The Morgan fingerprint density at radius 3 is 2.46 bits per heavy atom. The summed E-state index contributed by atoms with van der Waals surface area (Å²) in [5, 5.41) is 2.85. The van der Waals surface area contributed by atoms with Gasteiger partial charge in [0.25, 0.3) is 0 Å². The lowest BCUT2D eigenvalue weighted by Crippen LogP contribution is -2.35. The number of benzene rings is 1. The molecule has 0 aliphatic rings. The zero-order valence-corrected chi connectivity index (χ0v) is 15.5. The van der Waals surface area contributed by atoms with Gasteiger partial charge in [0.2, 0.25) is 11.8 Å². The van der Waals surface area contributed by atoms with Crippen LogP contribution >= 0.6 is 0 Å². The number of methoxy groups -OCH3 is 1. The first kappa shape index (κ1) is 20.2. The fourth-order valence-corrected chi connectivity index (χ4v) is 2.54. The molecule has 5 nitrogen and oxygen atoms in total. The van der Waals surface area contributed by atoms with Crippen LogP contribution in [0.2, 0.25) is 0 Å². The van der Waals surface area contributed by atoms with Gasteiger partial charge in [0, 0.05) is 45.8 Å². The number of nitrogens with zero attached hydrogens (tertiary/aromatic N) is 1. The number of nitrogens with one attached hydrogen (secondary N) is 1. The molecule has 134 valence electrons. The van der Waals surface area contributed by atoms with Crippen LogP contribution in [-0.4, -0.2) is 38.6 Å². The number of carbonyl (C=O) groups is 2. The molecule has 0 atom stereocenters. The topological polar surface area (TPSA) is 58.6 Å². The number of rotatable bonds is 8. The van der Waals surface area contributed by atoms with Crippen molar-refractivity contribution >= 4 is 17.5 Å². The van der Waals surface area contributed by atoms with Crippen LogP contribution in [-0.2, 0) is 19.7 Å². The number of para-hydroxylation sites is 1. The molecule has 5 heteroatoms. The highest BCUT2D eigenvalue weighted by Gasteiger charge is 2.23. The Morgan fingerprint density at radius 1 is 1.21 bits per heavy atom. The van der Waals surface area contributed by atoms with E-state index in [1.54, 1.807) is 12.0 Å². The highest BCUT2D eigenvalue weighted by Crippen LogP contribution is 2.32. The number of carbonyl (C=O) groups excluding carboxylic acids is 2. The number of amides is 2. The van der Waals surface area contributed by atoms with E-state index in [-0.39, 0.29) is 23.7 Å². The minimum absolute atomic E-state index is 0.0504. The first-order valence-electron chi connectivity index (χ1n) is 8.40. The molecule has 1 aromatic rings. The molecule has 1 rings (SSSR count). The standard InChI is InChI=1S/C19H30N2O3/c1-15(22)21(13-11-18(23)20-12-8-14-24-5)17-10-7-6-9-16(17)19(2,3)4/h6-7,9-10H,8,11-14H2,1-5H3,(H,20,23). The third-order valence-corrected chi connectivity index (χ3v) is 3.79. The minimum Gasteiger partial charge on any atom is -0.385 e. The van der Waals surface area contributed by atoms with Gasteiger partial charge in [0.1, 0.15) is 0 Å². The predicted octanol–water partition coefficient (Wildman–Crippen LogP) is 2.88. The normalized spacial score (nSPS) is 11.2. The maximum Gasteiger partial charge on any atom is 0.223 e. The number of ether oxygens (including phenoxy) is 1. The first-order chi connectivity index (χ1) is 11.3. The van der Waals surface area contributed by atoms with Crippen LogP contribution in [0.15, 0.2) is 24.3 Å². The molecule has 1 N–H and O–H groups in total. The maximum atomic E-state index is 12.1. The molecule has 0 bridgehead atoms. The summed E-state index contributed by atoms with van der Waals surface area (Å²) >= 11 is 0. The van der Waals surface area contributed by atoms with E-state index in [0.717, 1.165) is 17.7 Å². The Bertz CT molecular complexity index is 550. The van der Waals surface area contributed by atoms with Crippen molar-refractivity contribution in [3.8, 4) is 0 Å². The zero-order valence-electron chi connectivity index (χ0n) is 15.5. The Balaban J connectivity index is 2.76. The Morgan fingerprint density at radius 2 is 1.88 bits per heavy atom. The lowest BCUT2D eigenvalue weighted by molar-refractivity contribution is -0.121. The van der Waals surface area contributed by atoms with Gasteiger partial charge in [-0.3, -0.25) is 9.59 Å². The van der Waals surface area contributed by atoms with E-state index in [2.05, 4.69) is 26.1 Å². The van der Waals surface area contributed by atoms with Crippen molar-refractivity contribution in [3.05, 3.63) is 29.8 Å². The van der Waals surface area contributed by atoms with Gasteiger partial charge in [-0.2, -0.15) is 0 Å². The van der Waals surface area contributed by atoms with Crippen LogP contribution in [0.25, 0.3) is 0 Å². The van der Waals surface area contributed by atoms with Crippen molar-refractivity contribution in [2.75, 3.05) is 31.7 Å². The molecule has 2 amide bonds. The lowest BCUT2D eigenvalue weighted by atomic mass is 9.85. The molecule has 0 fully saturated rings. The van der Waals surface area contributed by atoms with Gasteiger partial charge in [-0.1, -0.05) is 39.0 Å². The molecule has 0 unspecified atom stereocenters. The summed E-state index contributed by atoms with van der Waals surface area (Å²) in [5.74, 6) is -0.107. The van der Waals surface area contributed by atoms with Crippen LogP contribution in [0.1, 0.15) is 46.1 Å². The number of anilines is 1. The number of hydrogen-bond acceptors (Lipinski definition) is 3. The van der Waals surface area contributed by atoms with Crippen LogP contribution in [0.4, 0.5) is 5.69 Å². The Kier molecular flexibility index (Phi) is 7.92. The Hall–Kier alpha value is -1.88. The summed E-state index contributed by atoms with van der Waals surface area (Å²) in [7, 11) is 1.64. The maximum absolute atomic E-state index is 12.1. The minimum atomic E-state index is -0.0767. The quantitative estimate of drug-likeness (QED) is 0.744. The van der Waals surface area contributed by atoms with Gasteiger partial charge in [0.05, 0.1) is 0 Å². The third kappa shape index (κ3) is 6.32. The molecular formula is C19H30N2O3. The second-order valence-electron chi connectivity index (χ2n) is 6.88. The highest BCUT2D eigenvalue weighted by atomic mass is 16.5. The van der Waals surface area contributed by atoms with Crippen molar-refractivity contribution in [1.82, 2.24) is 5.32 Å². The molecular weight excluding hydrogens is 304 g/mol. The third-order valence-electron chi connectivity index (χ3n) is 3.79. The summed E-state index contributed by atoms with van der Waals surface area (Å²) < 4.78 is 4.95. The largest absolute Gasteiger partial charge is 0.385 e. The van der Waals surface area contributed by atoms with Gasteiger partial charge < -0.3 is 15.0 Å². The van der Waals surface area contributed by atoms with Crippen molar-refractivity contribution in [2.24, 2.45) is 0 Å². The summed E-state index contributed by atoms with van der Waals surface area (Å²) in [4.78, 5) is 25.8. The molecule has 0 saturated heterocycles. The average Bonchev–Trinajstić information content (AvgIpc) is 2.51. The van der Waals surface area contributed by atoms with Crippen LogP contribution < -0.4 is 10.2 Å². The van der Waals surface area contributed by atoms with Crippen LogP contribution in [0.3, 0.4) is 0 Å².